The Bertz CT molecular complexity index is 456. The van der Waals surface area contributed by atoms with E-state index in [2.05, 4.69) is 5.32 Å². The second kappa shape index (κ2) is 4.63. The molecule has 1 saturated heterocycles. The monoisotopic (exact) mass is 257 g/mol. The first-order valence-electron chi connectivity index (χ1n) is 5.89. The Kier molecular flexibility index (Phi) is 3.32. The Balaban J connectivity index is 2.42. The number of carbonyl (C=O) groups is 1. The van der Waals surface area contributed by atoms with Gasteiger partial charge in [-0.05, 0) is 18.1 Å². The quantitative estimate of drug-likeness (QED) is 0.866. The maximum absolute atomic E-state index is 12.9. The summed E-state index contributed by atoms with van der Waals surface area (Å²) < 4.78 is 38.8. The molecule has 1 aromatic rings. The molecule has 2 atom stereocenters. The van der Waals surface area contributed by atoms with Crippen LogP contribution in [0.2, 0.25) is 0 Å². The minimum Gasteiger partial charge on any atom is -0.353 e. The van der Waals surface area contributed by atoms with Crippen LogP contribution in [0.1, 0.15) is 36.8 Å². The van der Waals surface area contributed by atoms with Crippen LogP contribution in [0, 0.1) is 0 Å². The van der Waals surface area contributed by atoms with Gasteiger partial charge in [0.05, 0.1) is 5.56 Å². The van der Waals surface area contributed by atoms with Crippen LogP contribution in [0.25, 0.3) is 0 Å². The number of hydrogen-bond donors (Lipinski definition) is 1. The summed E-state index contributed by atoms with van der Waals surface area (Å²) in [6.07, 6.45) is -3.62. The number of hydrogen-bond acceptors (Lipinski definition) is 1. The van der Waals surface area contributed by atoms with Gasteiger partial charge in [-0.15, -0.1) is 0 Å². The van der Waals surface area contributed by atoms with Crippen molar-refractivity contribution in [3.8, 4) is 0 Å². The number of amides is 1. The molecule has 5 heteroatoms. The molecule has 0 aromatic heterocycles. The van der Waals surface area contributed by atoms with E-state index >= 15 is 0 Å². The Morgan fingerprint density at radius 2 is 2.00 bits per heavy atom. The number of rotatable bonds is 2. The standard InChI is InChI=1S/C13H14F3NO/c1-2-11-9(7-12(18)17-11)8-5-3-4-6-10(8)13(14,15)16/h3-6,9,11H,2,7H2,1H3,(H,17,18). The third-order valence-corrected chi connectivity index (χ3v) is 3.34. The fraction of sp³-hybridized carbons (Fsp3) is 0.462. The first-order chi connectivity index (χ1) is 8.43. The van der Waals surface area contributed by atoms with Gasteiger partial charge in [-0.25, -0.2) is 0 Å². The lowest BCUT2D eigenvalue weighted by Crippen LogP contribution is -2.28. The van der Waals surface area contributed by atoms with Gasteiger partial charge in [0, 0.05) is 18.4 Å². The molecule has 1 aliphatic rings. The van der Waals surface area contributed by atoms with Crippen LogP contribution in [0.5, 0.6) is 0 Å². The van der Waals surface area contributed by atoms with E-state index in [4.69, 9.17) is 0 Å². The smallest absolute Gasteiger partial charge is 0.353 e. The number of benzene rings is 1. The van der Waals surface area contributed by atoms with Crippen molar-refractivity contribution in [3.05, 3.63) is 35.4 Å². The predicted molar refractivity (Wildman–Crippen MR) is 61.0 cm³/mol. The molecule has 1 fully saturated rings. The number of alkyl halides is 3. The Labute approximate surface area is 103 Å². The molecule has 98 valence electrons. The van der Waals surface area contributed by atoms with E-state index in [-0.39, 0.29) is 29.9 Å². The van der Waals surface area contributed by atoms with Gasteiger partial charge in [-0.1, -0.05) is 25.1 Å². The zero-order valence-corrected chi connectivity index (χ0v) is 9.92. The highest BCUT2D eigenvalue weighted by Gasteiger charge is 2.39. The van der Waals surface area contributed by atoms with Crippen LogP contribution in [0.15, 0.2) is 24.3 Å². The Morgan fingerprint density at radius 3 is 2.61 bits per heavy atom. The van der Waals surface area contributed by atoms with E-state index in [1.165, 1.54) is 12.1 Å². The van der Waals surface area contributed by atoms with Crippen molar-refractivity contribution in [2.24, 2.45) is 0 Å². The molecule has 1 N–H and O–H groups in total. The van der Waals surface area contributed by atoms with Gasteiger partial charge in [-0.2, -0.15) is 13.2 Å². The molecule has 2 unspecified atom stereocenters. The zero-order valence-electron chi connectivity index (χ0n) is 9.92. The third kappa shape index (κ3) is 2.35. The number of carbonyl (C=O) groups excluding carboxylic acids is 1. The summed E-state index contributed by atoms with van der Waals surface area (Å²) in [5.74, 6) is -0.566. The van der Waals surface area contributed by atoms with Crippen LogP contribution in [-0.2, 0) is 11.0 Å². The molecule has 2 rings (SSSR count). The molecule has 0 spiro atoms. The fourth-order valence-electron chi connectivity index (χ4n) is 2.50. The van der Waals surface area contributed by atoms with E-state index in [1.54, 1.807) is 6.07 Å². The van der Waals surface area contributed by atoms with Gasteiger partial charge < -0.3 is 5.32 Å². The van der Waals surface area contributed by atoms with Crippen LogP contribution in [0.3, 0.4) is 0 Å². The molecule has 1 heterocycles. The van der Waals surface area contributed by atoms with Crippen LogP contribution >= 0.6 is 0 Å². The summed E-state index contributed by atoms with van der Waals surface area (Å²) in [5, 5.41) is 2.72. The lowest BCUT2D eigenvalue weighted by molar-refractivity contribution is -0.138. The molecule has 0 saturated carbocycles. The van der Waals surface area contributed by atoms with Gasteiger partial charge in [0.1, 0.15) is 0 Å². The summed E-state index contributed by atoms with van der Waals surface area (Å²) in [6, 6.07) is 5.29. The maximum atomic E-state index is 12.9. The maximum Gasteiger partial charge on any atom is 0.416 e. The summed E-state index contributed by atoms with van der Waals surface area (Å²) in [7, 11) is 0. The Morgan fingerprint density at radius 1 is 1.33 bits per heavy atom. The SMILES string of the molecule is CCC1NC(=O)CC1c1ccccc1C(F)(F)F. The first-order valence-corrected chi connectivity index (χ1v) is 5.89. The summed E-state index contributed by atoms with van der Waals surface area (Å²) >= 11 is 0. The van der Waals surface area contributed by atoms with Crippen LogP contribution in [-0.4, -0.2) is 11.9 Å². The molecule has 2 nitrogen and oxygen atoms in total. The average molecular weight is 257 g/mol. The normalized spacial score (nSPS) is 24.1. The van der Waals surface area contributed by atoms with Crippen molar-refractivity contribution >= 4 is 5.91 Å². The minimum atomic E-state index is -4.37. The van der Waals surface area contributed by atoms with Gasteiger partial charge in [-0.3, -0.25) is 4.79 Å². The first kappa shape index (κ1) is 12.9. The predicted octanol–water partition coefficient (Wildman–Crippen LogP) is 3.09. The largest absolute Gasteiger partial charge is 0.416 e. The van der Waals surface area contributed by atoms with Gasteiger partial charge in [0.15, 0.2) is 0 Å². The summed E-state index contributed by atoms with van der Waals surface area (Å²) in [4.78, 5) is 11.4. The van der Waals surface area contributed by atoms with Gasteiger partial charge in [0.2, 0.25) is 5.91 Å². The minimum absolute atomic E-state index is 0.131. The van der Waals surface area contributed by atoms with E-state index in [0.29, 0.717) is 6.42 Å². The summed E-state index contributed by atoms with van der Waals surface area (Å²) in [6.45, 7) is 1.86. The fourth-order valence-corrected chi connectivity index (χ4v) is 2.50. The highest BCUT2D eigenvalue weighted by Crippen LogP contribution is 2.39. The van der Waals surface area contributed by atoms with Crippen molar-refractivity contribution in [1.82, 2.24) is 5.32 Å². The van der Waals surface area contributed by atoms with E-state index in [0.717, 1.165) is 6.07 Å². The molecule has 1 amide bonds. The van der Waals surface area contributed by atoms with Crippen LogP contribution in [0.4, 0.5) is 13.2 Å². The van der Waals surface area contributed by atoms with E-state index in [1.807, 2.05) is 6.92 Å². The average Bonchev–Trinajstić information content (AvgIpc) is 2.69. The molecule has 0 aliphatic carbocycles. The van der Waals surface area contributed by atoms with Gasteiger partial charge >= 0.3 is 6.18 Å². The van der Waals surface area contributed by atoms with Crippen molar-refractivity contribution in [1.29, 1.82) is 0 Å². The van der Waals surface area contributed by atoms with Crippen LogP contribution < -0.4 is 5.32 Å². The van der Waals surface area contributed by atoms with Gasteiger partial charge in [0.25, 0.3) is 0 Å². The zero-order chi connectivity index (χ0) is 13.3. The van der Waals surface area contributed by atoms with E-state index < -0.39 is 11.7 Å². The van der Waals surface area contributed by atoms with Crippen molar-refractivity contribution in [2.75, 3.05) is 0 Å². The highest BCUT2D eigenvalue weighted by molar-refractivity contribution is 5.80. The molecule has 0 radical (unpaired) electrons. The molecule has 18 heavy (non-hydrogen) atoms. The molecule has 1 aliphatic heterocycles. The molecular weight excluding hydrogens is 243 g/mol. The lowest BCUT2D eigenvalue weighted by Gasteiger charge is -2.21. The highest BCUT2D eigenvalue weighted by atomic mass is 19.4. The molecule has 1 aromatic carbocycles. The number of halogens is 3. The Hall–Kier alpha value is -1.52. The molecular formula is C13H14F3NO. The lowest BCUT2D eigenvalue weighted by atomic mass is 9.87. The van der Waals surface area contributed by atoms with E-state index in [9.17, 15) is 18.0 Å². The topological polar surface area (TPSA) is 29.1 Å². The van der Waals surface area contributed by atoms with Crippen molar-refractivity contribution in [2.45, 2.75) is 37.9 Å². The van der Waals surface area contributed by atoms with Crippen molar-refractivity contribution in [3.63, 3.8) is 0 Å². The molecule has 0 bridgehead atoms. The number of nitrogens with one attached hydrogen (secondary N) is 1. The van der Waals surface area contributed by atoms with Crippen molar-refractivity contribution < 1.29 is 18.0 Å². The summed E-state index contributed by atoms with van der Waals surface area (Å²) in [5.41, 5.74) is -0.417. The second-order valence-corrected chi connectivity index (χ2v) is 4.48. The second-order valence-electron chi connectivity index (χ2n) is 4.48. The third-order valence-electron chi connectivity index (χ3n) is 3.34.